The van der Waals surface area contributed by atoms with Crippen LogP contribution in [0.15, 0.2) is 23.1 Å². The zero-order chi connectivity index (χ0) is 13.9. The molecule has 0 unspecified atom stereocenters. The van der Waals surface area contributed by atoms with Gasteiger partial charge in [-0.15, -0.1) is 0 Å². The van der Waals surface area contributed by atoms with Gasteiger partial charge in [-0.1, -0.05) is 19.3 Å². The summed E-state index contributed by atoms with van der Waals surface area (Å²) in [5.74, 6) is -0.436. The highest BCUT2D eigenvalue weighted by Crippen LogP contribution is 2.26. The molecule has 0 aromatic heterocycles. The summed E-state index contributed by atoms with van der Waals surface area (Å²) in [4.78, 5) is -0.138. The number of methoxy groups -OCH3 is 1. The molecule has 1 saturated carbocycles. The Labute approximate surface area is 113 Å². The van der Waals surface area contributed by atoms with Crippen molar-refractivity contribution in [2.75, 3.05) is 7.11 Å². The number of sulfonamides is 1. The molecule has 0 spiro atoms. The monoisotopic (exact) mass is 287 g/mol. The molecule has 0 heterocycles. The van der Waals surface area contributed by atoms with Crippen molar-refractivity contribution in [3.05, 3.63) is 24.0 Å². The van der Waals surface area contributed by atoms with Crippen molar-refractivity contribution in [3.63, 3.8) is 0 Å². The molecule has 0 saturated heterocycles. The van der Waals surface area contributed by atoms with Gasteiger partial charge in [0.1, 0.15) is 16.5 Å². The Bertz CT molecular complexity index is 539. The first-order valence-electron chi connectivity index (χ1n) is 6.39. The molecule has 1 aromatic rings. The first-order valence-corrected chi connectivity index (χ1v) is 7.87. The van der Waals surface area contributed by atoms with Crippen LogP contribution in [0.25, 0.3) is 0 Å². The van der Waals surface area contributed by atoms with E-state index in [1.807, 2.05) is 0 Å². The van der Waals surface area contributed by atoms with Gasteiger partial charge in [-0.25, -0.2) is 17.5 Å². The second kappa shape index (κ2) is 5.88. The minimum absolute atomic E-state index is 0.0632. The highest BCUT2D eigenvalue weighted by atomic mass is 32.2. The molecular weight excluding hydrogens is 269 g/mol. The summed E-state index contributed by atoms with van der Waals surface area (Å²) in [6.07, 6.45) is 4.84. The van der Waals surface area contributed by atoms with Gasteiger partial charge in [-0.2, -0.15) is 0 Å². The lowest BCUT2D eigenvalue weighted by Gasteiger charge is -2.23. The second-order valence-corrected chi connectivity index (χ2v) is 6.43. The third kappa shape index (κ3) is 3.45. The van der Waals surface area contributed by atoms with Crippen LogP contribution in [0.3, 0.4) is 0 Å². The molecule has 2 rings (SSSR count). The minimum atomic E-state index is -3.74. The predicted octanol–water partition coefficient (Wildman–Crippen LogP) is 2.45. The van der Waals surface area contributed by atoms with E-state index in [1.165, 1.54) is 19.2 Å². The van der Waals surface area contributed by atoms with E-state index in [-0.39, 0.29) is 16.7 Å². The number of benzene rings is 1. The van der Waals surface area contributed by atoms with E-state index < -0.39 is 15.8 Å². The smallest absolute Gasteiger partial charge is 0.244 e. The summed E-state index contributed by atoms with van der Waals surface area (Å²) >= 11 is 0. The van der Waals surface area contributed by atoms with Gasteiger partial charge in [0, 0.05) is 6.04 Å². The van der Waals surface area contributed by atoms with Crippen LogP contribution in [0, 0.1) is 5.82 Å². The van der Waals surface area contributed by atoms with E-state index in [0.717, 1.165) is 38.2 Å². The fraction of sp³-hybridized carbons (Fsp3) is 0.538. The Kier molecular flexibility index (Phi) is 4.42. The Morgan fingerprint density at radius 2 is 1.95 bits per heavy atom. The SMILES string of the molecule is COc1ccc(F)cc1S(=O)(=O)NC1CCCCC1. The van der Waals surface area contributed by atoms with Crippen LogP contribution in [-0.2, 0) is 10.0 Å². The maximum atomic E-state index is 13.2. The van der Waals surface area contributed by atoms with E-state index in [9.17, 15) is 12.8 Å². The molecule has 4 nitrogen and oxygen atoms in total. The quantitative estimate of drug-likeness (QED) is 0.925. The molecule has 0 amide bonds. The molecule has 1 aliphatic carbocycles. The van der Waals surface area contributed by atoms with Gasteiger partial charge in [0.25, 0.3) is 0 Å². The summed E-state index contributed by atoms with van der Waals surface area (Å²) in [5.41, 5.74) is 0. The Morgan fingerprint density at radius 1 is 1.26 bits per heavy atom. The molecule has 106 valence electrons. The molecule has 0 bridgehead atoms. The van der Waals surface area contributed by atoms with E-state index in [0.29, 0.717) is 0 Å². The lowest BCUT2D eigenvalue weighted by atomic mass is 9.96. The van der Waals surface area contributed by atoms with Gasteiger partial charge in [0.05, 0.1) is 7.11 Å². The highest BCUT2D eigenvalue weighted by molar-refractivity contribution is 7.89. The molecule has 0 radical (unpaired) electrons. The summed E-state index contributed by atoms with van der Waals surface area (Å²) in [6.45, 7) is 0. The normalized spacial score (nSPS) is 17.4. The van der Waals surface area contributed by atoms with Crippen molar-refractivity contribution >= 4 is 10.0 Å². The standard InChI is InChI=1S/C13H18FNO3S/c1-18-12-8-7-10(14)9-13(12)19(16,17)15-11-5-3-2-4-6-11/h7-9,11,15H,2-6H2,1H3. The molecule has 1 aliphatic rings. The number of rotatable bonds is 4. The Balaban J connectivity index is 2.25. The first kappa shape index (κ1) is 14.3. The number of ether oxygens (including phenoxy) is 1. The second-order valence-electron chi connectivity index (χ2n) is 4.75. The molecule has 0 atom stereocenters. The van der Waals surface area contributed by atoms with Gasteiger partial charge in [0.15, 0.2) is 0 Å². The third-order valence-electron chi connectivity index (χ3n) is 3.34. The van der Waals surface area contributed by atoms with Crippen LogP contribution in [0.4, 0.5) is 4.39 Å². The van der Waals surface area contributed by atoms with Crippen molar-refractivity contribution in [1.82, 2.24) is 4.72 Å². The molecule has 6 heteroatoms. The summed E-state index contributed by atoms with van der Waals surface area (Å²) in [5, 5.41) is 0. The van der Waals surface area contributed by atoms with Crippen molar-refractivity contribution in [3.8, 4) is 5.75 Å². The maximum Gasteiger partial charge on any atom is 0.244 e. The largest absolute Gasteiger partial charge is 0.495 e. The fourth-order valence-electron chi connectivity index (χ4n) is 2.36. The van der Waals surface area contributed by atoms with Crippen molar-refractivity contribution in [1.29, 1.82) is 0 Å². The molecule has 1 N–H and O–H groups in total. The number of hydrogen-bond donors (Lipinski definition) is 1. The highest BCUT2D eigenvalue weighted by Gasteiger charge is 2.25. The zero-order valence-corrected chi connectivity index (χ0v) is 11.7. The lowest BCUT2D eigenvalue weighted by Crippen LogP contribution is -2.36. The van der Waals surface area contributed by atoms with E-state index >= 15 is 0 Å². The van der Waals surface area contributed by atoms with Crippen LogP contribution < -0.4 is 9.46 Å². The van der Waals surface area contributed by atoms with Crippen LogP contribution in [0.5, 0.6) is 5.75 Å². The maximum absolute atomic E-state index is 13.2. The van der Waals surface area contributed by atoms with Gasteiger partial charge in [-0.3, -0.25) is 0 Å². The number of nitrogens with one attached hydrogen (secondary N) is 1. The van der Waals surface area contributed by atoms with Crippen LogP contribution in [0.2, 0.25) is 0 Å². The zero-order valence-electron chi connectivity index (χ0n) is 10.9. The van der Waals surface area contributed by atoms with Crippen LogP contribution in [-0.4, -0.2) is 21.6 Å². The summed E-state index contributed by atoms with van der Waals surface area (Å²) < 4.78 is 45.4. The molecule has 19 heavy (non-hydrogen) atoms. The van der Waals surface area contributed by atoms with E-state index in [2.05, 4.69) is 4.72 Å². The first-order chi connectivity index (χ1) is 9.03. The number of hydrogen-bond acceptors (Lipinski definition) is 3. The average Bonchev–Trinajstić information content (AvgIpc) is 2.39. The van der Waals surface area contributed by atoms with Gasteiger partial charge in [0.2, 0.25) is 10.0 Å². The van der Waals surface area contributed by atoms with Crippen molar-refractivity contribution < 1.29 is 17.5 Å². The van der Waals surface area contributed by atoms with Gasteiger partial charge >= 0.3 is 0 Å². The average molecular weight is 287 g/mol. The molecule has 0 aliphatic heterocycles. The fourth-order valence-corrected chi connectivity index (χ4v) is 3.85. The van der Waals surface area contributed by atoms with Crippen molar-refractivity contribution in [2.24, 2.45) is 0 Å². The predicted molar refractivity (Wildman–Crippen MR) is 70.1 cm³/mol. The Morgan fingerprint density at radius 3 is 2.58 bits per heavy atom. The van der Waals surface area contributed by atoms with Crippen molar-refractivity contribution in [2.45, 2.75) is 43.0 Å². The van der Waals surface area contributed by atoms with Crippen LogP contribution >= 0.6 is 0 Å². The topological polar surface area (TPSA) is 55.4 Å². The summed E-state index contributed by atoms with van der Waals surface area (Å²) in [6, 6.07) is 3.43. The minimum Gasteiger partial charge on any atom is -0.495 e. The summed E-state index contributed by atoms with van der Waals surface area (Å²) in [7, 11) is -2.37. The number of halogens is 1. The van der Waals surface area contributed by atoms with E-state index in [4.69, 9.17) is 4.74 Å². The van der Waals surface area contributed by atoms with Gasteiger partial charge in [-0.05, 0) is 31.0 Å². The third-order valence-corrected chi connectivity index (χ3v) is 4.88. The molecular formula is C13H18FNO3S. The molecule has 1 fully saturated rings. The van der Waals surface area contributed by atoms with Crippen LogP contribution in [0.1, 0.15) is 32.1 Å². The van der Waals surface area contributed by atoms with Gasteiger partial charge < -0.3 is 4.74 Å². The van der Waals surface area contributed by atoms with E-state index in [1.54, 1.807) is 0 Å². The Hall–Kier alpha value is -1.14. The molecule has 1 aromatic carbocycles. The lowest BCUT2D eigenvalue weighted by molar-refractivity contribution is 0.395.